The summed E-state index contributed by atoms with van der Waals surface area (Å²) in [6.45, 7) is 1.62. The zero-order valence-electron chi connectivity index (χ0n) is 16.2. The van der Waals surface area contributed by atoms with Gasteiger partial charge in [0.05, 0.1) is 22.4 Å². The number of anilines is 1. The molecule has 0 saturated carbocycles. The summed E-state index contributed by atoms with van der Waals surface area (Å²) in [4.78, 5) is 42.4. The molecule has 6 nitrogen and oxygen atoms in total. The molecular weight excluding hydrogens is 431 g/mol. The molecule has 0 bridgehead atoms. The first-order valence-electron chi connectivity index (χ1n) is 8.99. The zero-order chi connectivity index (χ0) is 22.5. The average molecular weight is 445 g/mol. The molecule has 4 rings (SSSR count). The summed E-state index contributed by atoms with van der Waals surface area (Å²) < 4.78 is 38.2. The van der Waals surface area contributed by atoms with Gasteiger partial charge in [-0.25, -0.2) is 4.98 Å². The van der Waals surface area contributed by atoms with Gasteiger partial charge in [0.1, 0.15) is 9.88 Å². The minimum atomic E-state index is -4.43. The van der Waals surface area contributed by atoms with E-state index in [1.807, 2.05) is 0 Å². The smallest absolute Gasteiger partial charge is 0.321 e. The second-order valence-corrected chi connectivity index (χ2v) is 7.89. The highest BCUT2D eigenvalue weighted by molar-refractivity contribution is 7.17. The third-order valence-electron chi connectivity index (χ3n) is 4.81. The second-order valence-electron chi connectivity index (χ2n) is 6.89. The first kappa shape index (κ1) is 20.7. The molecule has 10 heteroatoms. The lowest BCUT2D eigenvalue weighted by atomic mass is 10.1. The summed E-state index contributed by atoms with van der Waals surface area (Å²) in [5.74, 6) is -1.33. The van der Waals surface area contributed by atoms with Crippen LogP contribution in [0, 0.1) is 6.92 Å². The van der Waals surface area contributed by atoms with E-state index in [4.69, 9.17) is 0 Å². The summed E-state index contributed by atoms with van der Waals surface area (Å²) >= 11 is 1.05. The van der Waals surface area contributed by atoms with Gasteiger partial charge in [-0.1, -0.05) is 12.1 Å². The van der Waals surface area contributed by atoms with Crippen molar-refractivity contribution in [3.63, 3.8) is 0 Å². The fraction of sp³-hybridized carbons (Fsp3) is 0.143. The number of rotatable bonds is 3. The Labute approximate surface area is 178 Å². The van der Waals surface area contributed by atoms with E-state index >= 15 is 0 Å². The van der Waals surface area contributed by atoms with Crippen molar-refractivity contribution >= 4 is 34.7 Å². The summed E-state index contributed by atoms with van der Waals surface area (Å²) in [5, 5.41) is 3.08. The summed E-state index contributed by atoms with van der Waals surface area (Å²) in [6.07, 6.45) is -4.43. The predicted molar refractivity (Wildman–Crippen MR) is 108 cm³/mol. The van der Waals surface area contributed by atoms with Crippen molar-refractivity contribution < 1.29 is 27.6 Å². The number of carbonyl (C=O) groups is 3. The lowest BCUT2D eigenvalue weighted by Crippen LogP contribution is -2.24. The first-order valence-corrected chi connectivity index (χ1v) is 9.81. The minimum Gasteiger partial charge on any atom is -0.321 e. The molecule has 0 atom stereocenters. The van der Waals surface area contributed by atoms with Crippen molar-refractivity contribution in [2.45, 2.75) is 13.1 Å². The maximum absolute atomic E-state index is 12.7. The van der Waals surface area contributed by atoms with Crippen molar-refractivity contribution in [2.24, 2.45) is 0 Å². The van der Waals surface area contributed by atoms with Crippen LogP contribution >= 0.6 is 11.3 Å². The topological polar surface area (TPSA) is 79.4 Å². The molecule has 2 aromatic carbocycles. The van der Waals surface area contributed by atoms with Crippen LogP contribution in [0.25, 0.3) is 10.6 Å². The Kier molecular flexibility index (Phi) is 4.89. The van der Waals surface area contributed by atoms with Gasteiger partial charge in [0.2, 0.25) is 0 Å². The van der Waals surface area contributed by atoms with E-state index in [2.05, 4.69) is 10.3 Å². The molecule has 1 aliphatic heterocycles. The van der Waals surface area contributed by atoms with Crippen molar-refractivity contribution in [2.75, 3.05) is 12.4 Å². The van der Waals surface area contributed by atoms with E-state index in [1.165, 1.54) is 37.4 Å². The number of fused-ring (bicyclic) bond motifs is 1. The molecule has 0 aliphatic carbocycles. The van der Waals surface area contributed by atoms with Gasteiger partial charge in [-0.2, -0.15) is 13.2 Å². The number of amides is 3. The molecule has 0 radical (unpaired) electrons. The van der Waals surface area contributed by atoms with Gasteiger partial charge >= 0.3 is 6.18 Å². The number of benzene rings is 2. The van der Waals surface area contributed by atoms with Crippen LogP contribution in [-0.2, 0) is 6.18 Å². The average Bonchev–Trinajstić information content (AvgIpc) is 3.21. The van der Waals surface area contributed by atoms with Crippen LogP contribution in [0.2, 0.25) is 0 Å². The van der Waals surface area contributed by atoms with Gasteiger partial charge in [0, 0.05) is 18.3 Å². The van der Waals surface area contributed by atoms with Gasteiger partial charge in [0.15, 0.2) is 0 Å². The van der Waals surface area contributed by atoms with E-state index in [0.29, 0.717) is 22.0 Å². The Morgan fingerprint density at radius 1 is 1.03 bits per heavy atom. The fourth-order valence-corrected chi connectivity index (χ4v) is 4.13. The third-order valence-corrected chi connectivity index (χ3v) is 6.01. The van der Waals surface area contributed by atoms with Crippen LogP contribution < -0.4 is 5.32 Å². The summed E-state index contributed by atoms with van der Waals surface area (Å²) in [5.41, 5.74) is 0.928. The maximum Gasteiger partial charge on any atom is 0.416 e. The summed E-state index contributed by atoms with van der Waals surface area (Å²) in [6, 6.07) is 8.97. The van der Waals surface area contributed by atoms with Crippen molar-refractivity contribution in [1.82, 2.24) is 9.88 Å². The van der Waals surface area contributed by atoms with Crippen LogP contribution in [0.5, 0.6) is 0 Å². The van der Waals surface area contributed by atoms with E-state index in [-0.39, 0.29) is 16.0 Å². The van der Waals surface area contributed by atoms with E-state index in [9.17, 15) is 27.6 Å². The van der Waals surface area contributed by atoms with Crippen LogP contribution in [0.1, 0.15) is 41.6 Å². The van der Waals surface area contributed by atoms with Crippen LogP contribution in [-0.4, -0.2) is 34.7 Å². The number of aryl methyl sites for hydroxylation is 1. The molecule has 0 unspecified atom stereocenters. The Balaban J connectivity index is 1.56. The second kappa shape index (κ2) is 7.31. The minimum absolute atomic E-state index is 0.205. The SMILES string of the molecule is Cc1nc(-c2ccc(C(F)(F)F)cc2)sc1C(=O)Nc1ccc2c(c1)C(=O)N(C)C2=O. The Bertz CT molecular complexity index is 1230. The monoisotopic (exact) mass is 445 g/mol. The number of halogens is 3. The quantitative estimate of drug-likeness (QED) is 0.597. The highest BCUT2D eigenvalue weighted by atomic mass is 32.1. The number of hydrogen-bond donors (Lipinski definition) is 1. The van der Waals surface area contributed by atoms with Crippen LogP contribution in [0.15, 0.2) is 42.5 Å². The largest absolute Gasteiger partial charge is 0.416 e. The van der Waals surface area contributed by atoms with Crippen LogP contribution in [0.3, 0.4) is 0 Å². The number of imide groups is 1. The molecule has 1 aliphatic rings. The Hall–Kier alpha value is -3.53. The molecule has 0 spiro atoms. The number of carbonyl (C=O) groups excluding carboxylic acids is 3. The fourth-order valence-electron chi connectivity index (χ4n) is 3.16. The zero-order valence-corrected chi connectivity index (χ0v) is 17.0. The third kappa shape index (κ3) is 3.70. The molecule has 31 heavy (non-hydrogen) atoms. The maximum atomic E-state index is 12.7. The molecule has 0 saturated heterocycles. The standard InChI is InChI=1S/C21H14F3N3O3S/c1-10-16(31-18(25-10)11-3-5-12(6-4-11)21(22,23)24)17(28)26-13-7-8-14-15(9-13)20(30)27(2)19(14)29/h3-9H,1-2H3,(H,26,28). The number of nitrogens with zero attached hydrogens (tertiary/aromatic N) is 2. The van der Waals surface area contributed by atoms with Crippen molar-refractivity contribution in [3.8, 4) is 10.6 Å². The molecule has 158 valence electrons. The number of aromatic nitrogens is 1. The predicted octanol–water partition coefficient (Wildman–Crippen LogP) is 4.62. The Morgan fingerprint density at radius 3 is 2.32 bits per heavy atom. The molecule has 3 aromatic rings. The number of thiazole rings is 1. The lowest BCUT2D eigenvalue weighted by molar-refractivity contribution is -0.137. The Morgan fingerprint density at radius 2 is 1.68 bits per heavy atom. The highest BCUT2D eigenvalue weighted by Gasteiger charge is 2.33. The van der Waals surface area contributed by atoms with E-state index < -0.39 is 29.5 Å². The van der Waals surface area contributed by atoms with E-state index in [1.54, 1.807) is 6.92 Å². The first-order chi connectivity index (χ1) is 14.6. The molecule has 2 heterocycles. The normalized spacial score (nSPS) is 13.5. The number of alkyl halides is 3. The van der Waals surface area contributed by atoms with Crippen molar-refractivity contribution in [1.29, 1.82) is 0 Å². The van der Waals surface area contributed by atoms with Gasteiger partial charge in [-0.05, 0) is 37.3 Å². The van der Waals surface area contributed by atoms with Gasteiger partial charge < -0.3 is 5.32 Å². The number of nitrogens with one attached hydrogen (secondary N) is 1. The van der Waals surface area contributed by atoms with Crippen LogP contribution in [0.4, 0.5) is 18.9 Å². The molecular formula is C21H14F3N3O3S. The van der Waals surface area contributed by atoms with E-state index in [0.717, 1.165) is 28.4 Å². The summed E-state index contributed by atoms with van der Waals surface area (Å²) in [7, 11) is 1.38. The molecule has 1 aromatic heterocycles. The highest BCUT2D eigenvalue weighted by Crippen LogP contribution is 2.33. The van der Waals surface area contributed by atoms with Crippen molar-refractivity contribution in [3.05, 3.63) is 69.7 Å². The number of hydrogen-bond acceptors (Lipinski definition) is 5. The molecule has 1 N–H and O–H groups in total. The van der Waals surface area contributed by atoms with Gasteiger partial charge in [0.25, 0.3) is 17.7 Å². The lowest BCUT2D eigenvalue weighted by Gasteiger charge is -2.06. The van der Waals surface area contributed by atoms with Gasteiger partial charge in [-0.3, -0.25) is 19.3 Å². The molecule has 3 amide bonds. The van der Waals surface area contributed by atoms with Gasteiger partial charge in [-0.15, -0.1) is 11.3 Å². The molecule has 0 fully saturated rings.